The van der Waals surface area contributed by atoms with Gasteiger partial charge in [0.25, 0.3) is 0 Å². The predicted octanol–water partition coefficient (Wildman–Crippen LogP) is 0.366. The van der Waals surface area contributed by atoms with Crippen LogP contribution in [0.5, 0.6) is 0 Å². The van der Waals surface area contributed by atoms with Crippen LogP contribution >= 0.6 is 0 Å². The largest absolute Gasteiger partial charge is 0.378 e. The molecule has 0 bridgehead atoms. The summed E-state index contributed by atoms with van der Waals surface area (Å²) in [5.41, 5.74) is 7.79. The first-order valence-electron chi connectivity index (χ1n) is 6.69. The molecule has 0 saturated carbocycles. The number of carbonyl (C=O) groups is 1. The number of aromatic nitrogens is 1. The molecule has 1 atom stereocenters. The molecule has 1 aromatic heterocycles. The molecule has 2 heterocycles. The zero-order valence-corrected chi connectivity index (χ0v) is 11.3. The Hall–Kier alpha value is -1.46. The van der Waals surface area contributed by atoms with Crippen molar-refractivity contribution in [2.45, 2.75) is 13.3 Å². The van der Waals surface area contributed by atoms with Crippen LogP contribution in [0, 0.1) is 12.8 Å². The van der Waals surface area contributed by atoms with E-state index in [0.29, 0.717) is 39.3 Å². The monoisotopic (exact) mass is 263 g/mol. The van der Waals surface area contributed by atoms with Gasteiger partial charge in [-0.3, -0.25) is 9.78 Å². The van der Waals surface area contributed by atoms with Crippen molar-refractivity contribution >= 4 is 5.91 Å². The van der Waals surface area contributed by atoms with Crippen LogP contribution in [-0.4, -0.2) is 48.6 Å². The number of carbonyl (C=O) groups excluding carboxylic acids is 1. The van der Waals surface area contributed by atoms with Crippen molar-refractivity contribution < 1.29 is 9.53 Å². The van der Waals surface area contributed by atoms with Crippen LogP contribution in [0.4, 0.5) is 0 Å². The molecule has 5 heteroatoms. The van der Waals surface area contributed by atoms with Crippen LogP contribution in [0.2, 0.25) is 0 Å². The highest BCUT2D eigenvalue weighted by Gasteiger charge is 2.25. The molecule has 0 radical (unpaired) electrons. The molecule has 0 spiro atoms. The van der Waals surface area contributed by atoms with Gasteiger partial charge in [0, 0.05) is 37.9 Å². The van der Waals surface area contributed by atoms with Crippen molar-refractivity contribution in [2.75, 3.05) is 32.8 Å². The van der Waals surface area contributed by atoms with E-state index >= 15 is 0 Å². The van der Waals surface area contributed by atoms with Crippen molar-refractivity contribution in [1.82, 2.24) is 9.88 Å². The molecule has 1 aliphatic rings. The van der Waals surface area contributed by atoms with E-state index in [1.165, 1.54) is 0 Å². The van der Waals surface area contributed by atoms with Gasteiger partial charge in [0.2, 0.25) is 5.91 Å². The highest BCUT2D eigenvalue weighted by Crippen LogP contribution is 2.11. The fourth-order valence-corrected chi connectivity index (χ4v) is 2.19. The number of ether oxygens (including phenoxy) is 1. The Morgan fingerprint density at radius 2 is 2.21 bits per heavy atom. The summed E-state index contributed by atoms with van der Waals surface area (Å²) in [6, 6.07) is 3.97. The van der Waals surface area contributed by atoms with Crippen LogP contribution in [0.25, 0.3) is 0 Å². The zero-order chi connectivity index (χ0) is 13.7. The van der Waals surface area contributed by atoms with Crippen LogP contribution < -0.4 is 5.73 Å². The van der Waals surface area contributed by atoms with Gasteiger partial charge in [-0.15, -0.1) is 0 Å². The zero-order valence-electron chi connectivity index (χ0n) is 11.3. The van der Waals surface area contributed by atoms with Gasteiger partial charge in [-0.2, -0.15) is 0 Å². The second-order valence-corrected chi connectivity index (χ2v) is 4.90. The lowest BCUT2D eigenvalue weighted by Gasteiger charge is -2.30. The minimum atomic E-state index is -0.187. The number of nitrogens with two attached hydrogens (primary N) is 1. The number of morpholine rings is 1. The van der Waals surface area contributed by atoms with E-state index in [1.807, 2.05) is 30.2 Å². The number of rotatable bonds is 4. The van der Waals surface area contributed by atoms with Crippen molar-refractivity contribution in [2.24, 2.45) is 11.7 Å². The van der Waals surface area contributed by atoms with Gasteiger partial charge in [-0.1, -0.05) is 6.07 Å². The maximum Gasteiger partial charge on any atom is 0.227 e. The number of hydrogen-bond acceptors (Lipinski definition) is 4. The second-order valence-electron chi connectivity index (χ2n) is 4.90. The molecule has 1 aliphatic heterocycles. The third kappa shape index (κ3) is 3.75. The fourth-order valence-electron chi connectivity index (χ4n) is 2.19. The summed E-state index contributed by atoms with van der Waals surface area (Å²) in [6.45, 7) is 4.91. The number of hydrogen-bond donors (Lipinski definition) is 1. The Morgan fingerprint density at radius 3 is 2.79 bits per heavy atom. The Morgan fingerprint density at radius 1 is 1.47 bits per heavy atom. The van der Waals surface area contributed by atoms with E-state index in [-0.39, 0.29) is 11.8 Å². The number of amides is 1. The van der Waals surface area contributed by atoms with Crippen LogP contribution in [-0.2, 0) is 16.0 Å². The molecular weight excluding hydrogens is 242 g/mol. The molecule has 2 N–H and O–H groups in total. The SMILES string of the molecule is Cc1ccc(CC(CN)C(=O)N2CCOCC2)nc1. The van der Waals surface area contributed by atoms with Crippen molar-refractivity contribution in [3.8, 4) is 0 Å². The van der Waals surface area contributed by atoms with Crippen LogP contribution in [0.1, 0.15) is 11.3 Å². The first-order chi connectivity index (χ1) is 9.20. The highest BCUT2D eigenvalue weighted by molar-refractivity contribution is 5.79. The van der Waals surface area contributed by atoms with E-state index in [2.05, 4.69) is 4.98 Å². The molecule has 0 aliphatic carbocycles. The van der Waals surface area contributed by atoms with Crippen LogP contribution in [0.15, 0.2) is 18.3 Å². The first kappa shape index (κ1) is 14.0. The lowest BCUT2D eigenvalue weighted by molar-refractivity contribution is -0.139. The summed E-state index contributed by atoms with van der Waals surface area (Å²) in [6.07, 6.45) is 2.43. The molecule has 1 amide bonds. The Bertz CT molecular complexity index is 413. The standard InChI is InChI=1S/C14H21N3O2/c1-11-2-3-13(16-10-11)8-12(9-15)14(18)17-4-6-19-7-5-17/h2-3,10,12H,4-9,15H2,1H3. The molecule has 1 unspecified atom stereocenters. The van der Waals surface area contributed by atoms with Gasteiger partial charge in [0.15, 0.2) is 0 Å². The topological polar surface area (TPSA) is 68.5 Å². The molecule has 104 valence electrons. The summed E-state index contributed by atoms with van der Waals surface area (Å²) < 4.78 is 5.26. The normalized spacial score (nSPS) is 17.3. The van der Waals surface area contributed by atoms with E-state index in [9.17, 15) is 4.79 Å². The molecule has 0 aromatic carbocycles. The van der Waals surface area contributed by atoms with Gasteiger partial charge in [-0.05, 0) is 18.6 Å². The average Bonchev–Trinajstić information content (AvgIpc) is 2.47. The number of nitrogens with zero attached hydrogens (tertiary/aromatic N) is 2. The maximum absolute atomic E-state index is 12.4. The molecule has 2 rings (SSSR count). The lowest BCUT2D eigenvalue weighted by atomic mass is 10.0. The van der Waals surface area contributed by atoms with Crippen molar-refractivity contribution in [3.05, 3.63) is 29.6 Å². The third-order valence-corrected chi connectivity index (χ3v) is 3.38. The minimum Gasteiger partial charge on any atom is -0.378 e. The van der Waals surface area contributed by atoms with E-state index in [0.717, 1.165) is 11.3 Å². The molecular formula is C14H21N3O2. The quantitative estimate of drug-likeness (QED) is 0.852. The molecule has 19 heavy (non-hydrogen) atoms. The highest BCUT2D eigenvalue weighted by atomic mass is 16.5. The molecule has 1 aromatic rings. The van der Waals surface area contributed by atoms with E-state index in [1.54, 1.807) is 0 Å². The van der Waals surface area contributed by atoms with Crippen LogP contribution in [0.3, 0.4) is 0 Å². The first-order valence-corrected chi connectivity index (χ1v) is 6.69. The summed E-state index contributed by atoms with van der Waals surface area (Å²) in [5, 5.41) is 0. The van der Waals surface area contributed by atoms with E-state index in [4.69, 9.17) is 10.5 Å². The smallest absolute Gasteiger partial charge is 0.227 e. The summed E-state index contributed by atoms with van der Waals surface area (Å²) in [7, 11) is 0. The molecule has 5 nitrogen and oxygen atoms in total. The predicted molar refractivity (Wildman–Crippen MR) is 72.6 cm³/mol. The minimum absolute atomic E-state index is 0.119. The lowest BCUT2D eigenvalue weighted by Crippen LogP contribution is -2.46. The van der Waals surface area contributed by atoms with Gasteiger partial charge in [-0.25, -0.2) is 0 Å². The molecule has 1 fully saturated rings. The van der Waals surface area contributed by atoms with Gasteiger partial charge >= 0.3 is 0 Å². The maximum atomic E-state index is 12.4. The van der Waals surface area contributed by atoms with Gasteiger partial charge in [0.1, 0.15) is 0 Å². The Kier molecular flexibility index (Phi) is 4.87. The molecule has 1 saturated heterocycles. The van der Waals surface area contributed by atoms with Gasteiger partial charge in [0.05, 0.1) is 19.1 Å². The average molecular weight is 263 g/mol. The number of pyridine rings is 1. The Labute approximate surface area is 113 Å². The Balaban J connectivity index is 1.98. The van der Waals surface area contributed by atoms with E-state index < -0.39 is 0 Å². The van der Waals surface area contributed by atoms with Crippen molar-refractivity contribution in [1.29, 1.82) is 0 Å². The van der Waals surface area contributed by atoms with Crippen molar-refractivity contribution in [3.63, 3.8) is 0 Å². The second kappa shape index (κ2) is 6.63. The number of aryl methyl sites for hydroxylation is 1. The van der Waals surface area contributed by atoms with Gasteiger partial charge < -0.3 is 15.4 Å². The summed E-state index contributed by atoms with van der Waals surface area (Å²) in [5.74, 6) is -0.0681. The fraction of sp³-hybridized carbons (Fsp3) is 0.571. The summed E-state index contributed by atoms with van der Waals surface area (Å²) in [4.78, 5) is 18.5. The third-order valence-electron chi connectivity index (χ3n) is 3.38. The summed E-state index contributed by atoms with van der Waals surface area (Å²) >= 11 is 0.